The third kappa shape index (κ3) is 4.40. The number of aryl methyl sites for hydroxylation is 1. The number of carbonyl (C=O) groups excluding carboxylic acids is 1. The van der Waals surface area contributed by atoms with Crippen LogP contribution < -0.4 is 21.5 Å². The fourth-order valence-corrected chi connectivity index (χ4v) is 4.40. The molecule has 0 radical (unpaired) electrons. The number of pyridine rings is 2. The maximum absolute atomic E-state index is 15.2. The summed E-state index contributed by atoms with van der Waals surface area (Å²) in [6.45, 7) is 0. The van der Waals surface area contributed by atoms with Crippen LogP contribution in [0.4, 0.5) is 26.4 Å². The second kappa shape index (κ2) is 9.58. The van der Waals surface area contributed by atoms with Crippen molar-refractivity contribution >= 4 is 34.1 Å². The van der Waals surface area contributed by atoms with Crippen molar-refractivity contribution in [1.82, 2.24) is 9.55 Å². The molecule has 0 aliphatic rings. The summed E-state index contributed by atoms with van der Waals surface area (Å²) in [5.41, 5.74) is 9.10. The van der Waals surface area contributed by atoms with Crippen LogP contribution in [-0.2, 0) is 7.05 Å². The number of amides is 2. The average molecular weight is 494 g/mol. The van der Waals surface area contributed by atoms with Gasteiger partial charge in [-0.15, -0.1) is 0 Å². The summed E-state index contributed by atoms with van der Waals surface area (Å²) < 4.78 is 16.7. The number of nitrogens with two attached hydrogens (primary N) is 1. The van der Waals surface area contributed by atoms with E-state index < -0.39 is 11.8 Å². The summed E-state index contributed by atoms with van der Waals surface area (Å²) in [4.78, 5) is 31.3. The molecule has 0 saturated heterocycles. The lowest BCUT2D eigenvalue weighted by atomic mass is 10.0. The lowest BCUT2D eigenvalue weighted by molar-refractivity contribution is 0.256. The molecule has 37 heavy (non-hydrogen) atoms. The third-order valence-corrected chi connectivity index (χ3v) is 6.29. The van der Waals surface area contributed by atoms with Crippen molar-refractivity contribution in [2.45, 2.75) is 0 Å². The minimum absolute atomic E-state index is 0.0546. The summed E-state index contributed by atoms with van der Waals surface area (Å²) in [5.74, 6) is -0.0141. The van der Waals surface area contributed by atoms with Crippen molar-refractivity contribution in [2.75, 3.05) is 17.3 Å². The minimum Gasteiger partial charge on any atom is -0.373 e. The van der Waals surface area contributed by atoms with Gasteiger partial charge < -0.3 is 15.6 Å². The second-order valence-electron chi connectivity index (χ2n) is 8.56. The van der Waals surface area contributed by atoms with Crippen molar-refractivity contribution in [1.29, 1.82) is 0 Å². The van der Waals surface area contributed by atoms with Gasteiger partial charge in [0.2, 0.25) is 0 Å². The lowest BCUT2D eigenvalue weighted by Crippen LogP contribution is -2.32. The van der Waals surface area contributed by atoms with E-state index in [1.54, 1.807) is 50.6 Å². The van der Waals surface area contributed by atoms with Crippen molar-refractivity contribution in [3.05, 3.63) is 107 Å². The highest BCUT2D eigenvalue weighted by molar-refractivity contribution is 6.00. The normalized spacial score (nSPS) is 10.9. The molecular formula is C29H24FN5O2. The van der Waals surface area contributed by atoms with Gasteiger partial charge in [0.1, 0.15) is 11.6 Å². The number of halogens is 1. The molecule has 0 aliphatic heterocycles. The standard InChI is InChI=1S/C29H24FN5O2/c1-32-27-16-25-21(17-33-27)14-23(28(36)34(25)2)20-11-12-24(30)26(15-20)35(29(31)37)22-10-6-9-19(13-22)18-7-4-3-5-8-18/h3-17H,1-2H3,(H2,31,37)(H,32,33). The SMILES string of the molecule is CNc1cc2c(cn1)cc(-c1ccc(F)c(N(C(N)=O)c3cccc(-c4ccccc4)c3)c1)c(=O)n2C. The lowest BCUT2D eigenvalue weighted by Gasteiger charge is -2.23. The van der Waals surface area contributed by atoms with E-state index in [1.165, 1.54) is 22.8 Å². The van der Waals surface area contributed by atoms with Crippen LogP contribution in [0.2, 0.25) is 0 Å². The number of nitrogens with zero attached hydrogens (tertiary/aromatic N) is 3. The van der Waals surface area contributed by atoms with Gasteiger partial charge in [-0.05, 0) is 47.0 Å². The average Bonchev–Trinajstić information content (AvgIpc) is 2.92. The Bertz CT molecular complexity index is 1700. The first-order valence-electron chi connectivity index (χ1n) is 11.6. The number of primary amides is 1. The largest absolute Gasteiger partial charge is 0.373 e. The number of carbonyl (C=O) groups is 1. The molecule has 0 aliphatic carbocycles. The number of hydrogen-bond donors (Lipinski definition) is 2. The summed E-state index contributed by atoms with van der Waals surface area (Å²) in [6.07, 6.45) is 1.67. The highest BCUT2D eigenvalue weighted by atomic mass is 19.1. The van der Waals surface area contributed by atoms with E-state index in [9.17, 15) is 9.59 Å². The van der Waals surface area contributed by atoms with Gasteiger partial charge in [0, 0.05) is 37.3 Å². The van der Waals surface area contributed by atoms with Gasteiger partial charge in [0.25, 0.3) is 5.56 Å². The Balaban J connectivity index is 1.64. The molecule has 0 bridgehead atoms. The number of anilines is 3. The zero-order chi connectivity index (χ0) is 26.1. The van der Waals surface area contributed by atoms with Gasteiger partial charge in [-0.2, -0.15) is 0 Å². The monoisotopic (exact) mass is 493 g/mol. The van der Waals surface area contributed by atoms with E-state index in [1.807, 2.05) is 36.4 Å². The Morgan fingerprint density at radius 2 is 1.70 bits per heavy atom. The van der Waals surface area contributed by atoms with Gasteiger partial charge in [-0.25, -0.2) is 14.2 Å². The number of benzene rings is 3. The van der Waals surface area contributed by atoms with Gasteiger partial charge in [-0.3, -0.25) is 9.69 Å². The van der Waals surface area contributed by atoms with Crippen LogP contribution in [0.3, 0.4) is 0 Å². The summed E-state index contributed by atoms with van der Waals surface area (Å²) in [6, 6.07) is 23.6. The van der Waals surface area contributed by atoms with Gasteiger partial charge in [-0.1, -0.05) is 48.5 Å². The smallest absolute Gasteiger partial charge is 0.323 e. The second-order valence-corrected chi connectivity index (χ2v) is 8.56. The number of aromatic nitrogens is 2. The first kappa shape index (κ1) is 23.7. The van der Waals surface area contributed by atoms with E-state index in [2.05, 4.69) is 10.3 Å². The molecule has 0 spiro atoms. The predicted molar refractivity (Wildman–Crippen MR) is 146 cm³/mol. The summed E-state index contributed by atoms with van der Waals surface area (Å²) in [7, 11) is 3.42. The topological polar surface area (TPSA) is 93.2 Å². The number of nitrogens with one attached hydrogen (secondary N) is 1. The molecule has 3 aromatic carbocycles. The quantitative estimate of drug-likeness (QED) is 0.330. The molecule has 0 unspecified atom stereocenters. The maximum Gasteiger partial charge on any atom is 0.323 e. The molecule has 0 atom stereocenters. The Labute approximate surface area is 212 Å². The number of fused-ring (bicyclic) bond motifs is 1. The Morgan fingerprint density at radius 1 is 0.946 bits per heavy atom. The highest BCUT2D eigenvalue weighted by Crippen LogP contribution is 2.34. The zero-order valence-electron chi connectivity index (χ0n) is 20.3. The minimum atomic E-state index is -0.850. The molecule has 2 heterocycles. The molecule has 0 fully saturated rings. The van der Waals surface area contributed by atoms with Crippen LogP contribution in [0.15, 0.2) is 95.9 Å². The molecular weight excluding hydrogens is 469 g/mol. The number of urea groups is 1. The first-order valence-corrected chi connectivity index (χ1v) is 11.6. The van der Waals surface area contributed by atoms with E-state index in [-0.39, 0.29) is 11.2 Å². The number of hydrogen-bond acceptors (Lipinski definition) is 4. The van der Waals surface area contributed by atoms with E-state index >= 15 is 4.39 Å². The molecule has 3 N–H and O–H groups in total. The Kier molecular flexibility index (Phi) is 6.15. The molecule has 5 aromatic rings. The van der Waals surface area contributed by atoms with Crippen molar-refractivity contribution in [3.63, 3.8) is 0 Å². The Morgan fingerprint density at radius 3 is 2.43 bits per heavy atom. The van der Waals surface area contributed by atoms with Crippen LogP contribution in [-0.4, -0.2) is 22.6 Å². The van der Waals surface area contributed by atoms with Crippen molar-refractivity contribution < 1.29 is 9.18 Å². The molecule has 7 nitrogen and oxygen atoms in total. The first-order chi connectivity index (χ1) is 17.9. The fourth-order valence-electron chi connectivity index (χ4n) is 4.40. The van der Waals surface area contributed by atoms with Gasteiger partial charge in [0.05, 0.1) is 16.9 Å². The molecule has 0 saturated carbocycles. The van der Waals surface area contributed by atoms with Crippen LogP contribution in [0.5, 0.6) is 0 Å². The molecule has 5 rings (SSSR count). The van der Waals surface area contributed by atoms with Crippen molar-refractivity contribution in [3.8, 4) is 22.3 Å². The number of rotatable bonds is 5. The van der Waals surface area contributed by atoms with E-state index in [4.69, 9.17) is 5.73 Å². The van der Waals surface area contributed by atoms with Crippen molar-refractivity contribution in [2.24, 2.45) is 12.8 Å². The van der Waals surface area contributed by atoms with Crippen LogP contribution in [0, 0.1) is 5.82 Å². The third-order valence-electron chi connectivity index (χ3n) is 6.29. The van der Waals surface area contributed by atoms with Crippen LogP contribution >= 0.6 is 0 Å². The maximum atomic E-state index is 15.2. The molecule has 8 heteroatoms. The van der Waals surface area contributed by atoms with Crippen LogP contribution in [0.1, 0.15) is 0 Å². The van der Waals surface area contributed by atoms with E-state index in [0.717, 1.165) is 21.4 Å². The fraction of sp³-hybridized carbons (Fsp3) is 0.0690. The highest BCUT2D eigenvalue weighted by Gasteiger charge is 2.21. The van der Waals surface area contributed by atoms with Crippen LogP contribution in [0.25, 0.3) is 33.2 Å². The predicted octanol–water partition coefficient (Wildman–Crippen LogP) is 5.67. The molecule has 2 aromatic heterocycles. The summed E-state index contributed by atoms with van der Waals surface area (Å²) in [5, 5.41) is 3.70. The zero-order valence-corrected chi connectivity index (χ0v) is 20.3. The molecule has 184 valence electrons. The van der Waals surface area contributed by atoms with Gasteiger partial charge in [0.15, 0.2) is 0 Å². The molecule has 2 amide bonds. The van der Waals surface area contributed by atoms with E-state index in [0.29, 0.717) is 28.1 Å². The summed E-state index contributed by atoms with van der Waals surface area (Å²) >= 11 is 0. The van der Waals surface area contributed by atoms with Gasteiger partial charge >= 0.3 is 6.03 Å². The Hall–Kier alpha value is -4.98.